The summed E-state index contributed by atoms with van der Waals surface area (Å²) >= 11 is 0. The molecule has 14 heavy (non-hydrogen) atoms. The first-order chi connectivity index (χ1) is 6.69. The summed E-state index contributed by atoms with van der Waals surface area (Å²) in [5.41, 5.74) is 0. The SMILES string of the molecule is CCC(NC)C(C)N1CCCC(C)C1. The van der Waals surface area contributed by atoms with Crippen molar-refractivity contribution < 1.29 is 0 Å². The largest absolute Gasteiger partial charge is 0.315 e. The lowest BCUT2D eigenvalue weighted by Gasteiger charge is -2.39. The molecule has 1 rings (SSSR count). The van der Waals surface area contributed by atoms with Gasteiger partial charge in [0.25, 0.3) is 0 Å². The summed E-state index contributed by atoms with van der Waals surface area (Å²) in [6.45, 7) is 9.59. The minimum atomic E-state index is 0.653. The summed E-state index contributed by atoms with van der Waals surface area (Å²) in [7, 11) is 2.08. The fourth-order valence-corrected chi connectivity index (χ4v) is 2.64. The van der Waals surface area contributed by atoms with Crippen LogP contribution in [0.1, 0.15) is 40.0 Å². The van der Waals surface area contributed by atoms with E-state index in [4.69, 9.17) is 0 Å². The van der Waals surface area contributed by atoms with Gasteiger partial charge in [-0.3, -0.25) is 4.90 Å². The number of likely N-dealkylation sites (tertiary alicyclic amines) is 1. The van der Waals surface area contributed by atoms with Gasteiger partial charge in [0.05, 0.1) is 0 Å². The van der Waals surface area contributed by atoms with Crippen molar-refractivity contribution in [2.75, 3.05) is 20.1 Å². The van der Waals surface area contributed by atoms with Crippen LogP contribution in [0.5, 0.6) is 0 Å². The van der Waals surface area contributed by atoms with Crippen molar-refractivity contribution in [2.24, 2.45) is 5.92 Å². The van der Waals surface area contributed by atoms with Crippen LogP contribution in [-0.4, -0.2) is 37.1 Å². The number of hydrogen-bond donors (Lipinski definition) is 1. The molecule has 1 aliphatic rings. The van der Waals surface area contributed by atoms with Gasteiger partial charge in [-0.15, -0.1) is 0 Å². The van der Waals surface area contributed by atoms with Gasteiger partial charge < -0.3 is 5.32 Å². The van der Waals surface area contributed by atoms with Crippen LogP contribution in [0, 0.1) is 5.92 Å². The third kappa shape index (κ3) is 2.96. The first kappa shape index (κ1) is 12.0. The topological polar surface area (TPSA) is 15.3 Å². The Balaban J connectivity index is 2.45. The normalized spacial score (nSPS) is 28.7. The summed E-state index contributed by atoms with van der Waals surface area (Å²) in [6.07, 6.45) is 4.02. The molecule has 84 valence electrons. The molecule has 0 bridgehead atoms. The zero-order valence-corrected chi connectivity index (χ0v) is 10.2. The second-order valence-electron chi connectivity index (χ2n) is 4.79. The molecule has 3 atom stereocenters. The van der Waals surface area contributed by atoms with Crippen molar-refractivity contribution in [1.82, 2.24) is 10.2 Å². The molecule has 2 nitrogen and oxygen atoms in total. The van der Waals surface area contributed by atoms with Crippen molar-refractivity contribution in [3.8, 4) is 0 Å². The van der Waals surface area contributed by atoms with E-state index in [2.05, 4.69) is 38.0 Å². The molecule has 0 radical (unpaired) electrons. The van der Waals surface area contributed by atoms with E-state index in [0.717, 1.165) is 5.92 Å². The zero-order valence-electron chi connectivity index (χ0n) is 10.2. The number of rotatable bonds is 4. The molecule has 1 saturated heterocycles. The predicted molar refractivity (Wildman–Crippen MR) is 62.6 cm³/mol. The van der Waals surface area contributed by atoms with Gasteiger partial charge in [-0.1, -0.05) is 13.8 Å². The van der Waals surface area contributed by atoms with E-state index in [1.165, 1.54) is 32.4 Å². The fraction of sp³-hybridized carbons (Fsp3) is 1.00. The Kier molecular flexibility index (Phi) is 4.90. The quantitative estimate of drug-likeness (QED) is 0.744. The smallest absolute Gasteiger partial charge is 0.0220 e. The molecule has 2 heteroatoms. The average Bonchev–Trinajstić information content (AvgIpc) is 2.19. The van der Waals surface area contributed by atoms with Crippen LogP contribution in [0.4, 0.5) is 0 Å². The Hall–Kier alpha value is -0.0800. The molecule has 1 aliphatic heterocycles. The van der Waals surface area contributed by atoms with Gasteiger partial charge in [0, 0.05) is 18.6 Å². The van der Waals surface area contributed by atoms with Gasteiger partial charge in [-0.25, -0.2) is 0 Å². The van der Waals surface area contributed by atoms with E-state index in [0.29, 0.717) is 12.1 Å². The maximum absolute atomic E-state index is 3.42. The lowest BCUT2D eigenvalue weighted by atomic mass is 9.96. The Labute approximate surface area is 89.1 Å². The van der Waals surface area contributed by atoms with Crippen molar-refractivity contribution in [3.05, 3.63) is 0 Å². The van der Waals surface area contributed by atoms with Crippen molar-refractivity contribution in [1.29, 1.82) is 0 Å². The Morgan fingerprint density at radius 1 is 1.50 bits per heavy atom. The van der Waals surface area contributed by atoms with Gasteiger partial charge in [-0.05, 0) is 45.7 Å². The predicted octanol–water partition coefficient (Wildman–Crippen LogP) is 2.10. The van der Waals surface area contributed by atoms with Crippen LogP contribution in [-0.2, 0) is 0 Å². The lowest BCUT2D eigenvalue weighted by molar-refractivity contribution is 0.114. The van der Waals surface area contributed by atoms with E-state index >= 15 is 0 Å². The van der Waals surface area contributed by atoms with Crippen LogP contribution >= 0.6 is 0 Å². The molecule has 0 spiro atoms. The molecule has 1 N–H and O–H groups in total. The molecule has 0 aromatic rings. The summed E-state index contributed by atoms with van der Waals surface area (Å²) in [5.74, 6) is 0.889. The standard InChI is InChI=1S/C12H26N2/c1-5-12(13-4)11(3)14-8-6-7-10(2)9-14/h10-13H,5-9H2,1-4H3. The summed E-state index contributed by atoms with van der Waals surface area (Å²) < 4.78 is 0. The third-order valence-electron chi connectivity index (χ3n) is 3.66. The van der Waals surface area contributed by atoms with E-state index < -0.39 is 0 Å². The molecule has 0 aromatic carbocycles. The Morgan fingerprint density at radius 2 is 2.21 bits per heavy atom. The molecule has 1 heterocycles. The number of piperidine rings is 1. The number of hydrogen-bond acceptors (Lipinski definition) is 2. The van der Waals surface area contributed by atoms with Gasteiger partial charge in [0.1, 0.15) is 0 Å². The molecular formula is C12H26N2. The minimum absolute atomic E-state index is 0.653. The van der Waals surface area contributed by atoms with Crippen molar-refractivity contribution in [3.63, 3.8) is 0 Å². The van der Waals surface area contributed by atoms with Crippen LogP contribution in [0.3, 0.4) is 0 Å². The van der Waals surface area contributed by atoms with E-state index in [9.17, 15) is 0 Å². The van der Waals surface area contributed by atoms with Crippen LogP contribution in [0.2, 0.25) is 0 Å². The summed E-state index contributed by atoms with van der Waals surface area (Å²) in [4.78, 5) is 2.65. The third-order valence-corrected chi connectivity index (χ3v) is 3.66. The van der Waals surface area contributed by atoms with Crippen molar-refractivity contribution in [2.45, 2.75) is 52.1 Å². The molecule has 0 aliphatic carbocycles. The lowest BCUT2D eigenvalue weighted by Crippen LogP contribution is -2.50. The van der Waals surface area contributed by atoms with E-state index in [1.54, 1.807) is 0 Å². The molecule has 0 aromatic heterocycles. The average molecular weight is 198 g/mol. The first-order valence-corrected chi connectivity index (χ1v) is 6.10. The molecule has 3 unspecified atom stereocenters. The maximum atomic E-state index is 3.42. The van der Waals surface area contributed by atoms with Gasteiger partial charge >= 0.3 is 0 Å². The highest BCUT2D eigenvalue weighted by molar-refractivity contribution is 4.82. The second-order valence-corrected chi connectivity index (χ2v) is 4.79. The van der Waals surface area contributed by atoms with Crippen LogP contribution in [0.15, 0.2) is 0 Å². The maximum Gasteiger partial charge on any atom is 0.0220 e. The minimum Gasteiger partial charge on any atom is -0.315 e. The van der Waals surface area contributed by atoms with E-state index in [-0.39, 0.29) is 0 Å². The van der Waals surface area contributed by atoms with Gasteiger partial charge in [0.2, 0.25) is 0 Å². The molecular weight excluding hydrogens is 172 g/mol. The monoisotopic (exact) mass is 198 g/mol. The van der Waals surface area contributed by atoms with Gasteiger partial charge in [-0.2, -0.15) is 0 Å². The Bertz CT molecular complexity index is 154. The van der Waals surface area contributed by atoms with Crippen molar-refractivity contribution >= 4 is 0 Å². The van der Waals surface area contributed by atoms with Gasteiger partial charge in [0.15, 0.2) is 0 Å². The molecule has 0 amide bonds. The summed E-state index contributed by atoms with van der Waals surface area (Å²) in [5, 5.41) is 3.42. The van der Waals surface area contributed by atoms with E-state index in [1.807, 2.05) is 0 Å². The highest BCUT2D eigenvalue weighted by Gasteiger charge is 2.24. The van der Waals surface area contributed by atoms with Crippen LogP contribution in [0.25, 0.3) is 0 Å². The Morgan fingerprint density at radius 3 is 2.71 bits per heavy atom. The number of nitrogens with zero attached hydrogens (tertiary/aromatic N) is 1. The number of likely N-dealkylation sites (N-methyl/N-ethyl adjacent to an activating group) is 1. The zero-order chi connectivity index (χ0) is 10.6. The fourth-order valence-electron chi connectivity index (χ4n) is 2.64. The molecule has 1 fully saturated rings. The highest BCUT2D eigenvalue weighted by atomic mass is 15.2. The van der Waals surface area contributed by atoms with Crippen LogP contribution < -0.4 is 5.32 Å². The first-order valence-electron chi connectivity index (χ1n) is 6.10. The highest BCUT2D eigenvalue weighted by Crippen LogP contribution is 2.19. The number of nitrogens with one attached hydrogen (secondary N) is 1. The summed E-state index contributed by atoms with van der Waals surface area (Å²) in [6, 6.07) is 1.34. The second kappa shape index (κ2) is 5.72. The molecule has 0 saturated carbocycles.